The van der Waals surface area contributed by atoms with Gasteiger partial charge in [-0.15, -0.1) is 11.3 Å². The van der Waals surface area contributed by atoms with E-state index in [2.05, 4.69) is 10.3 Å². The van der Waals surface area contributed by atoms with Gasteiger partial charge in [-0.25, -0.2) is 4.68 Å². The zero-order chi connectivity index (χ0) is 15.9. The molecule has 0 radical (unpaired) electrons. The first kappa shape index (κ1) is 15.2. The summed E-state index contributed by atoms with van der Waals surface area (Å²) in [4.78, 5) is 15.5. The molecule has 3 aromatic rings. The molecule has 0 saturated carbocycles. The summed E-state index contributed by atoms with van der Waals surface area (Å²) in [6, 6.07) is 3.85. The highest BCUT2D eigenvalue weighted by Crippen LogP contribution is 2.22. The molecular weight excluding hydrogens is 324 g/mol. The van der Waals surface area contributed by atoms with Crippen LogP contribution in [0.5, 0.6) is 0 Å². The maximum atomic E-state index is 12.4. The summed E-state index contributed by atoms with van der Waals surface area (Å²) >= 11 is 7.46. The molecule has 6 nitrogen and oxygen atoms in total. The molecule has 0 amide bonds. The fourth-order valence-corrected chi connectivity index (χ4v) is 3.59. The van der Waals surface area contributed by atoms with Gasteiger partial charge in [0.05, 0.1) is 22.1 Å². The summed E-state index contributed by atoms with van der Waals surface area (Å²) < 4.78 is 7.27. The number of aromatic nitrogens is 3. The largest absolute Gasteiger partial charge is 0.360 e. The van der Waals surface area contributed by atoms with Crippen molar-refractivity contribution in [3.8, 4) is 0 Å². The first-order valence-electron chi connectivity index (χ1n) is 6.72. The Morgan fingerprint density at radius 1 is 1.41 bits per heavy atom. The van der Waals surface area contributed by atoms with Crippen LogP contribution in [-0.4, -0.2) is 26.9 Å². The van der Waals surface area contributed by atoms with Crippen molar-refractivity contribution in [1.82, 2.24) is 19.8 Å². The van der Waals surface area contributed by atoms with Crippen molar-refractivity contribution in [3.05, 3.63) is 43.2 Å². The number of aryl methyl sites for hydroxylation is 2. The van der Waals surface area contributed by atoms with E-state index in [9.17, 15) is 4.79 Å². The molecule has 116 valence electrons. The molecule has 0 aromatic carbocycles. The van der Waals surface area contributed by atoms with Crippen LogP contribution in [-0.2, 0) is 13.2 Å². The maximum Gasteiger partial charge on any atom is 0.298 e. The fraction of sp³-hybridized carbons (Fsp3) is 0.357. The number of nitrogens with zero attached hydrogens (tertiary/aromatic N) is 4. The lowest BCUT2D eigenvalue weighted by molar-refractivity contribution is 0.242. The molecule has 0 spiro atoms. The summed E-state index contributed by atoms with van der Waals surface area (Å²) in [5.74, 6) is 0.617. The van der Waals surface area contributed by atoms with Crippen molar-refractivity contribution < 1.29 is 4.52 Å². The lowest BCUT2D eigenvalue weighted by Gasteiger charge is -2.16. The molecule has 3 heterocycles. The van der Waals surface area contributed by atoms with E-state index in [1.807, 2.05) is 31.0 Å². The van der Waals surface area contributed by atoms with Crippen LogP contribution in [0.15, 0.2) is 21.5 Å². The molecule has 0 bridgehead atoms. The van der Waals surface area contributed by atoms with Crippen LogP contribution < -0.4 is 5.56 Å². The van der Waals surface area contributed by atoms with Crippen molar-refractivity contribution in [2.75, 3.05) is 7.05 Å². The Bertz CT molecular complexity index is 883. The van der Waals surface area contributed by atoms with Crippen molar-refractivity contribution in [2.24, 2.45) is 0 Å². The third-order valence-electron chi connectivity index (χ3n) is 3.36. The van der Waals surface area contributed by atoms with Crippen LogP contribution in [0, 0.1) is 13.8 Å². The van der Waals surface area contributed by atoms with Gasteiger partial charge in [-0.3, -0.25) is 9.69 Å². The summed E-state index contributed by atoms with van der Waals surface area (Å²) in [5.41, 5.74) is 0.826. The van der Waals surface area contributed by atoms with E-state index in [1.165, 1.54) is 16.0 Å². The summed E-state index contributed by atoms with van der Waals surface area (Å²) in [6.45, 7) is 4.69. The van der Waals surface area contributed by atoms with Crippen LogP contribution in [0.3, 0.4) is 0 Å². The quantitative estimate of drug-likeness (QED) is 0.732. The van der Waals surface area contributed by atoms with Crippen LogP contribution in [0.4, 0.5) is 0 Å². The molecule has 0 unspecified atom stereocenters. The number of hydrogen-bond donors (Lipinski definition) is 0. The van der Waals surface area contributed by atoms with Crippen molar-refractivity contribution in [3.63, 3.8) is 0 Å². The molecule has 22 heavy (non-hydrogen) atoms. The zero-order valence-electron chi connectivity index (χ0n) is 12.5. The zero-order valence-corrected chi connectivity index (χ0v) is 14.0. The van der Waals surface area contributed by atoms with E-state index in [1.54, 1.807) is 6.92 Å². The molecule has 0 aliphatic carbocycles. The SMILES string of the molecule is Cc1nn(CN(C)Cc2ccc(Cl)s2)c(=O)c2noc(C)c12. The third kappa shape index (κ3) is 2.79. The molecule has 0 saturated heterocycles. The molecule has 0 aliphatic rings. The summed E-state index contributed by atoms with van der Waals surface area (Å²) in [6.07, 6.45) is 0. The maximum absolute atomic E-state index is 12.4. The second-order valence-corrected chi connectivity index (χ2v) is 7.01. The van der Waals surface area contributed by atoms with E-state index in [0.717, 1.165) is 14.9 Å². The second kappa shape index (κ2) is 5.83. The van der Waals surface area contributed by atoms with Gasteiger partial charge in [-0.1, -0.05) is 16.8 Å². The summed E-state index contributed by atoms with van der Waals surface area (Å²) in [5, 5.41) is 8.91. The van der Waals surface area contributed by atoms with E-state index >= 15 is 0 Å². The Morgan fingerprint density at radius 3 is 2.86 bits per heavy atom. The topological polar surface area (TPSA) is 64.2 Å². The number of hydrogen-bond acceptors (Lipinski definition) is 6. The fourth-order valence-electron chi connectivity index (χ4n) is 2.42. The highest BCUT2D eigenvalue weighted by atomic mass is 35.5. The average Bonchev–Trinajstić information content (AvgIpc) is 3.02. The van der Waals surface area contributed by atoms with Crippen molar-refractivity contribution in [1.29, 1.82) is 0 Å². The van der Waals surface area contributed by atoms with E-state index in [0.29, 0.717) is 29.9 Å². The second-order valence-electron chi connectivity index (χ2n) is 5.21. The first-order chi connectivity index (χ1) is 10.5. The van der Waals surface area contributed by atoms with Crippen LogP contribution in [0.1, 0.15) is 16.3 Å². The van der Waals surface area contributed by atoms with Gasteiger partial charge >= 0.3 is 0 Å². The molecule has 3 aromatic heterocycles. The lowest BCUT2D eigenvalue weighted by Crippen LogP contribution is -2.32. The van der Waals surface area contributed by atoms with Crippen LogP contribution >= 0.6 is 22.9 Å². The predicted molar refractivity (Wildman–Crippen MR) is 86.3 cm³/mol. The summed E-state index contributed by atoms with van der Waals surface area (Å²) in [7, 11) is 1.93. The van der Waals surface area contributed by atoms with Gasteiger partial charge in [0.2, 0.25) is 0 Å². The molecule has 0 fully saturated rings. The smallest absolute Gasteiger partial charge is 0.298 e. The van der Waals surface area contributed by atoms with Crippen molar-refractivity contribution >= 4 is 33.8 Å². The standard InChI is InChI=1S/C14H15ClN4O2S/c1-8-12-9(2)21-17-13(12)14(20)19(16-8)7-18(3)6-10-4-5-11(15)22-10/h4-5H,6-7H2,1-3H3. The Hall–Kier alpha value is -1.70. The van der Waals surface area contributed by atoms with E-state index < -0.39 is 0 Å². The Balaban J connectivity index is 1.87. The Kier molecular flexibility index (Phi) is 4.03. The first-order valence-corrected chi connectivity index (χ1v) is 7.91. The molecule has 8 heteroatoms. The van der Waals surface area contributed by atoms with E-state index in [4.69, 9.17) is 16.1 Å². The molecule has 3 rings (SSSR count). The predicted octanol–water partition coefficient (Wildman–Crippen LogP) is 2.81. The Labute approximate surface area is 135 Å². The van der Waals surface area contributed by atoms with Gasteiger partial charge in [0.25, 0.3) is 5.56 Å². The highest BCUT2D eigenvalue weighted by Gasteiger charge is 2.16. The van der Waals surface area contributed by atoms with Gasteiger partial charge in [-0.05, 0) is 33.0 Å². The van der Waals surface area contributed by atoms with Gasteiger partial charge in [-0.2, -0.15) is 5.10 Å². The van der Waals surface area contributed by atoms with Gasteiger partial charge in [0, 0.05) is 11.4 Å². The third-order valence-corrected chi connectivity index (χ3v) is 4.58. The minimum absolute atomic E-state index is 0.242. The van der Waals surface area contributed by atoms with Crippen LogP contribution in [0.25, 0.3) is 10.9 Å². The normalized spacial score (nSPS) is 11.7. The van der Waals surface area contributed by atoms with Crippen LogP contribution in [0.2, 0.25) is 4.34 Å². The molecule has 0 N–H and O–H groups in total. The minimum Gasteiger partial charge on any atom is -0.360 e. The number of halogens is 1. The van der Waals surface area contributed by atoms with Gasteiger partial charge in [0.1, 0.15) is 5.76 Å². The van der Waals surface area contributed by atoms with Crippen molar-refractivity contribution in [2.45, 2.75) is 27.1 Å². The molecular formula is C14H15ClN4O2S. The van der Waals surface area contributed by atoms with E-state index in [-0.39, 0.29) is 5.56 Å². The Morgan fingerprint density at radius 2 is 2.18 bits per heavy atom. The lowest BCUT2D eigenvalue weighted by atomic mass is 10.2. The highest BCUT2D eigenvalue weighted by molar-refractivity contribution is 7.16. The number of rotatable bonds is 4. The monoisotopic (exact) mass is 338 g/mol. The number of fused-ring (bicyclic) bond motifs is 1. The number of thiophene rings is 1. The molecule has 0 atom stereocenters. The minimum atomic E-state index is -0.242. The van der Waals surface area contributed by atoms with Gasteiger partial charge in [0.15, 0.2) is 5.52 Å². The molecule has 0 aliphatic heterocycles. The average molecular weight is 339 g/mol. The van der Waals surface area contributed by atoms with Gasteiger partial charge < -0.3 is 4.52 Å².